The maximum Gasteiger partial charge on any atom is 0.236 e. The van der Waals surface area contributed by atoms with Crippen LogP contribution in [-0.4, -0.2) is 30.9 Å². The molecule has 2 rings (SSSR count). The van der Waals surface area contributed by atoms with E-state index in [0.29, 0.717) is 25.9 Å². The van der Waals surface area contributed by atoms with E-state index in [2.05, 4.69) is 5.32 Å². The summed E-state index contributed by atoms with van der Waals surface area (Å²) < 4.78 is 0. The number of carbonyl (C=O) groups excluding carboxylic acids is 2. The molecule has 1 aliphatic heterocycles. The standard InChI is InChI=1S/C15H21N3O2.ClH/c1-2-5-12(16)15(20)17-8-9-18-13-7-4-3-6-11(13)10-14(18)19;/h3-4,6-7,12H,2,5,8-10,16H2,1H3,(H,17,20);1H. The van der Waals surface area contributed by atoms with Crippen molar-refractivity contribution in [2.45, 2.75) is 32.2 Å². The Morgan fingerprint density at radius 3 is 2.86 bits per heavy atom. The molecule has 0 aliphatic carbocycles. The van der Waals surface area contributed by atoms with Crippen LogP contribution in [0.1, 0.15) is 25.3 Å². The SMILES string of the molecule is CCCC(N)C(=O)NCCN1C(=O)Cc2ccccc21.Cl. The first-order chi connectivity index (χ1) is 9.63. The van der Waals surface area contributed by atoms with Crippen LogP contribution in [0.3, 0.4) is 0 Å². The maximum atomic E-state index is 11.9. The molecule has 6 heteroatoms. The van der Waals surface area contributed by atoms with Crippen molar-refractivity contribution in [3.05, 3.63) is 29.8 Å². The van der Waals surface area contributed by atoms with Crippen molar-refractivity contribution < 1.29 is 9.59 Å². The molecule has 1 heterocycles. The molecule has 1 aliphatic rings. The number of nitrogens with zero attached hydrogens (tertiary/aromatic N) is 1. The average molecular weight is 312 g/mol. The van der Waals surface area contributed by atoms with Gasteiger partial charge in [0, 0.05) is 18.8 Å². The van der Waals surface area contributed by atoms with E-state index in [9.17, 15) is 9.59 Å². The predicted octanol–water partition coefficient (Wildman–Crippen LogP) is 1.24. The number of amides is 2. The number of hydrogen-bond acceptors (Lipinski definition) is 3. The first kappa shape index (κ1) is 17.5. The molecule has 3 N–H and O–H groups in total. The minimum Gasteiger partial charge on any atom is -0.353 e. The molecule has 1 aromatic rings. The quantitative estimate of drug-likeness (QED) is 0.830. The van der Waals surface area contributed by atoms with Crippen LogP contribution in [0.2, 0.25) is 0 Å². The molecule has 1 unspecified atom stereocenters. The van der Waals surface area contributed by atoms with Gasteiger partial charge in [-0.05, 0) is 18.1 Å². The van der Waals surface area contributed by atoms with Crippen LogP contribution in [-0.2, 0) is 16.0 Å². The summed E-state index contributed by atoms with van der Waals surface area (Å²) in [4.78, 5) is 25.3. The molecular formula is C15H22ClN3O2. The van der Waals surface area contributed by atoms with Gasteiger partial charge in [-0.1, -0.05) is 31.5 Å². The normalized spacial score (nSPS) is 14.4. The minimum atomic E-state index is -0.457. The molecule has 5 nitrogen and oxygen atoms in total. The zero-order valence-electron chi connectivity index (χ0n) is 12.2. The highest BCUT2D eigenvalue weighted by Crippen LogP contribution is 2.27. The molecule has 116 valence electrons. The maximum absolute atomic E-state index is 11.9. The van der Waals surface area contributed by atoms with Crippen molar-refractivity contribution in [2.24, 2.45) is 5.73 Å². The lowest BCUT2D eigenvalue weighted by Crippen LogP contribution is -2.44. The summed E-state index contributed by atoms with van der Waals surface area (Å²) in [6.07, 6.45) is 2.00. The van der Waals surface area contributed by atoms with Crippen molar-refractivity contribution in [3.8, 4) is 0 Å². The zero-order chi connectivity index (χ0) is 14.5. The van der Waals surface area contributed by atoms with Crippen LogP contribution in [0.4, 0.5) is 5.69 Å². The Labute approximate surface area is 131 Å². The number of carbonyl (C=O) groups is 2. The number of benzene rings is 1. The van der Waals surface area contributed by atoms with Gasteiger partial charge < -0.3 is 16.0 Å². The topological polar surface area (TPSA) is 75.4 Å². The lowest BCUT2D eigenvalue weighted by molar-refractivity contribution is -0.122. The molecule has 0 spiro atoms. The molecule has 0 saturated carbocycles. The Hall–Kier alpha value is -1.59. The Bertz CT molecular complexity index is 507. The Kier molecular flexibility index (Phi) is 6.65. The monoisotopic (exact) mass is 311 g/mol. The van der Waals surface area contributed by atoms with Crippen molar-refractivity contribution >= 4 is 29.9 Å². The molecular weight excluding hydrogens is 290 g/mol. The van der Waals surface area contributed by atoms with Crippen LogP contribution in [0.25, 0.3) is 0 Å². The third-order valence-electron chi connectivity index (χ3n) is 3.50. The van der Waals surface area contributed by atoms with Crippen LogP contribution < -0.4 is 16.0 Å². The van der Waals surface area contributed by atoms with E-state index < -0.39 is 6.04 Å². The van der Waals surface area contributed by atoms with E-state index in [0.717, 1.165) is 17.7 Å². The van der Waals surface area contributed by atoms with Gasteiger partial charge in [-0.25, -0.2) is 0 Å². The van der Waals surface area contributed by atoms with Gasteiger partial charge >= 0.3 is 0 Å². The average Bonchev–Trinajstić information content (AvgIpc) is 2.75. The molecule has 0 saturated heterocycles. The Morgan fingerprint density at radius 2 is 2.14 bits per heavy atom. The number of hydrogen-bond donors (Lipinski definition) is 2. The van der Waals surface area contributed by atoms with Crippen molar-refractivity contribution in [1.82, 2.24) is 5.32 Å². The number of para-hydroxylation sites is 1. The molecule has 0 aromatic heterocycles. The fourth-order valence-corrected chi connectivity index (χ4v) is 2.43. The third-order valence-corrected chi connectivity index (χ3v) is 3.50. The van der Waals surface area contributed by atoms with Crippen LogP contribution in [0, 0.1) is 0 Å². The Balaban J connectivity index is 0.00000220. The van der Waals surface area contributed by atoms with Crippen LogP contribution >= 0.6 is 12.4 Å². The van der Waals surface area contributed by atoms with E-state index >= 15 is 0 Å². The molecule has 21 heavy (non-hydrogen) atoms. The van der Waals surface area contributed by atoms with Gasteiger partial charge in [0.05, 0.1) is 12.5 Å². The predicted molar refractivity (Wildman–Crippen MR) is 85.6 cm³/mol. The number of fused-ring (bicyclic) bond motifs is 1. The summed E-state index contributed by atoms with van der Waals surface area (Å²) in [5.41, 5.74) is 7.73. The summed E-state index contributed by atoms with van der Waals surface area (Å²) in [7, 11) is 0. The van der Waals surface area contributed by atoms with Crippen molar-refractivity contribution in [3.63, 3.8) is 0 Å². The van der Waals surface area contributed by atoms with Crippen molar-refractivity contribution in [2.75, 3.05) is 18.0 Å². The summed E-state index contributed by atoms with van der Waals surface area (Å²) in [5, 5.41) is 2.79. The lowest BCUT2D eigenvalue weighted by atomic mass is 10.2. The second-order valence-corrected chi connectivity index (χ2v) is 5.04. The van der Waals surface area contributed by atoms with E-state index in [-0.39, 0.29) is 24.2 Å². The van der Waals surface area contributed by atoms with E-state index in [4.69, 9.17) is 5.73 Å². The summed E-state index contributed by atoms with van der Waals surface area (Å²) in [5.74, 6) is -0.0647. The zero-order valence-corrected chi connectivity index (χ0v) is 13.0. The van der Waals surface area contributed by atoms with Crippen LogP contribution in [0.15, 0.2) is 24.3 Å². The lowest BCUT2D eigenvalue weighted by Gasteiger charge is -2.18. The van der Waals surface area contributed by atoms with Gasteiger partial charge in [0.15, 0.2) is 0 Å². The van der Waals surface area contributed by atoms with E-state index in [1.165, 1.54) is 0 Å². The van der Waals surface area contributed by atoms with Gasteiger partial charge in [-0.3, -0.25) is 9.59 Å². The largest absolute Gasteiger partial charge is 0.353 e. The summed E-state index contributed by atoms with van der Waals surface area (Å²) >= 11 is 0. The highest BCUT2D eigenvalue weighted by atomic mass is 35.5. The van der Waals surface area contributed by atoms with Crippen LogP contribution in [0.5, 0.6) is 0 Å². The molecule has 0 bridgehead atoms. The summed E-state index contributed by atoms with van der Waals surface area (Å²) in [6, 6.07) is 7.29. The Morgan fingerprint density at radius 1 is 1.43 bits per heavy atom. The first-order valence-corrected chi connectivity index (χ1v) is 7.05. The van der Waals surface area contributed by atoms with E-state index in [1.807, 2.05) is 31.2 Å². The molecule has 1 atom stereocenters. The number of nitrogens with one attached hydrogen (secondary N) is 1. The molecule has 2 amide bonds. The second kappa shape index (κ2) is 8.00. The fourth-order valence-electron chi connectivity index (χ4n) is 2.43. The highest BCUT2D eigenvalue weighted by Gasteiger charge is 2.26. The number of halogens is 1. The highest BCUT2D eigenvalue weighted by molar-refractivity contribution is 6.01. The van der Waals surface area contributed by atoms with Crippen molar-refractivity contribution in [1.29, 1.82) is 0 Å². The smallest absolute Gasteiger partial charge is 0.236 e. The summed E-state index contributed by atoms with van der Waals surface area (Å²) in [6.45, 7) is 2.91. The fraction of sp³-hybridized carbons (Fsp3) is 0.467. The van der Waals surface area contributed by atoms with Gasteiger partial charge in [0.1, 0.15) is 0 Å². The van der Waals surface area contributed by atoms with Gasteiger partial charge in [0.25, 0.3) is 0 Å². The number of nitrogens with two attached hydrogens (primary N) is 1. The second-order valence-electron chi connectivity index (χ2n) is 5.04. The third kappa shape index (κ3) is 4.19. The van der Waals surface area contributed by atoms with E-state index in [1.54, 1.807) is 4.90 Å². The van der Waals surface area contributed by atoms with Gasteiger partial charge in [-0.2, -0.15) is 0 Å². The van der Waals surface area contributed by atoms with Gasteiger partial charge in [-0.15, -0.1) is 12.4 Å². The molecule has 0 fully saturated rings. The minimum absolute atomic E-state index is 0. The molecule has 1 aromatic carbocycles. The molecule has 0 radical (unpaired) electrons. The first-order valence-electron chi connectivity index (χ1n) is 7.05. The number of anilines is 1. The number of rotatable bonds is 6. The van der Waals surface area contributed by atoms with Gasteiger partial charge in [0.2, 0.25) is 11.8 Å².